The smallest absolute Gasteiger partial charge is 0.338 e. The standard InChI is InChI=1S/C36H35BrN2O9S/c1-7-44-35(41)31-20(4)38-36-39(32(31)23-9-11-26(48-19(2)3)27(16-23)42-5)34(40)30(49-36)15-22-12-24(37)33(29(14-22)43-6)45-17-21-8-10-25-28(13-21)47-18-46-25/h8-16,19,32H,7,17-18H2,1-6H3/b30-15-/t32-/m1/s1. The molecule has 0 radical (unpaired) electrons. The Morgan fingerprint density at radius 2 is 1.84 bits per heavy atom. The maximum absolute atomic E-state index is 14.2. The number of hydrogen-bond donors (Lipinski definition) is 0. The number of rotatable bonds is 11. The van der Waals surface area contributed by atoms with Gasteiger partial charge >= 0.3 is 5.97 Å². The van der Waals surface area contributed by atoms with E-state index >= 15 is 0 Å². The molecule has 0 bridgehead atoms. The van der Waals surface area contributed by atoms with Crippen LogP contribution in [0.15, 0.2) is 74.1 Å². The molecule has 0 saturated carbocycles. The summed E-state index contributed by atoms with van der Waals surface area (Å²) in [5, 5.41) is 0. The molecule has 0 saturated heterocycles. The Labute approximate surface area is 295 Å². The molecular weight excluding hydrogens is 716 g/mol. The lowest BCUT2D eigenvalue weighted by atomic mass is 9.95. The molecule has 6 rings (SSSR count). The summed E-state index contributed by atoms with van der Waals surface area (Å²) in [6, 6.07) is 13.9. The summed E-state index contributed by atoms with van der Waals surface area (Å²) in [6.07, 6.45) is 1.68. The van der Waals surface area contributed by atoms with Gasteiger partial charge in [-0.15, -0.1) is 0 Å². The second-order valence-corrected chi connectivity index (χ2v) is 13.3. The molecule has 256 valence electrons. The average Bonchev–Trinajstić information content (AvgIpc) is 3.66. The van der Waals surface area contributed by atoms with E-state index in [1.54, 1.807) is 52.3 Å². The van der Waals surface area contributed by atoms with Crippen molar-refractivity contribution in [3.05, 3.63) is 101 Å². The number of esters is 1. The number of thiazole rings is 1. The number of carbonyl (C=O) groups is 1. The lowest BCUT2D eigenvalue weighted by molar-refractivity contribution is -0.139. The summed E-state index contributed by atoms with van der Waals surface area (Å²) >= 11 is 4.85. The Bertz CT molecular complexity index is 2140. The summed E-state index contributed by atoms with van der Waals surface area (Å²) in [4.78, 5) is 32.7. The summed E-state index contributed by atoms with van der Waals surface area (Å²) < 4.78 is 42.3. The number of fused-ring (bicyclic) bond motifs is 2. The van der Waals surface area contributed by atoms with E-state index in [1.165, 1.54) is 15.9 Å². The van der Waals surface area contributed by atoms with Gasteiger partial charge in [0, 0.05) is 0 Å². The lowest BCUT2D eigenvalue weighted by Crippen LogP contribution is -2.40. The molecular formula is C36H35BrN2O9S. The van der Waals surface area contributed by atoms with Crippen molar-refractivity contribution in [2.45, 2.75) is 46.4 Å². The number of ether oxygens (including phenoxy) is 7. The van der Waals surface area contributed by atoms with Crippen LogP contribution in [0, 0.1) is 0 Å². The first kappa shape index (κ1) is 34.1. The van der Waals surface area contributed by atoms with Gasteiger partial charge in [0.15, 0.2) is 39.3 Å². The van der Waals surface area contributed by atoms with Crippen LogP contribution in [-0.2, 0) is 16.1 Å². The minimum absolute atomic E-state index is 0.0796. The summed E-state index contributed by atoms with van der Waals surface area (Å²) in [5.74, 6) is 2.83. The third-order valence-corrected chi connectivity index (χ3v) is 9.32. The van der Waals surface area contributed by atoms with Gasteiger partial charge < -0.3 is 33.2 Å². The summed E-state index contributed by atoms with van der Waals surface area (Å²) in [5.41, 5.74) is 2.66. The van der Waals surface area contributed by atoms with Crippen LogP contribution in [0.3, 0.4) is 0 Å². The predicted molar refractivity (Wildman–Crippen MR) is 187 cm³/mol. The molecule has 2 aliphatic heterocycles. The van der Waals surface area contributed by atoms with Gasteiger partial charge in [-0.3, -0.25) is 9.36 Å². The highest BCUT2D eigenvalue weighted by Gasteiger charge is 2.34. The second kappa shape index (κ2) is 14.4. The van der Waals surface area contributed by atoms with Gasteiger partial charge in [0.05, 0.1) is 53.2 Å². The molecule has 3 aromatic carbocycles. The van der Waals surface area contributed by atoms with Crippen molar-refractivity contribution in [1.82, 2.24) is 4.57 Å². The van der Waals surface area contributed by atoms with E-state index < -0.39 is 12.0 Å². The van der Waals surface area contributed by atoms with Gasteiger partial charge in [0.25, 0.3) is 5.56 Å². The topological polar surface area (TPSA) is 116 Å². The largest absolute Gasteiger partial charge is 0.493 e. The number of nitrogens with zero attached hydrogens (tertiary/aromatic N) is 2. The van der Waals surface area contributed by atoms with Crippen molar-refractivity contribution >= 4 is 39.3 Å². The molecule has 13 heteroatoms. The first-order valence-electron chi connectivity index (χ1n) is 15.5. The van der Waals surface area contributed by atoms with Crippen LogP contribution in [-0.4, -0.2) is 44.3 Å². The monoisotopic (exact) mass is 750 g/mol. The zero-order valence-electron chi connectivity index (χ0n) is 27.8. The zero-order chi connectivity index (χ0) is 34.8. The van der Waals surface area contributed by atoms with Crippen molar-refractivity contribution in [2.75, 3.05) is 27.6 Å². The average molecular weight is 752 g/mol. The second-order valence-electron chi connectivity index (χ2n) is 11.4. The highest BCUT2D eigenvalue weighted by molar-refractivity contribution is 9.10. The fourth-order valence-electron chi connectivity index (χ4n) is 5.61. The maximum Gasteiger partial charge on any atom is 0.338 e. The van der Waals surface area contributed by atoms with Crippen LogP contribution >= 0.6 is 27.3 Å². The molecule has 0 amide bonds. The first-order chi connectivity index (χ1) is 23.6. The van der Waals surface area contributed by atoms with Crippen LogP contribution in [0.4, 0.5) is 0 Å². The van der Waals surface area contributed by atoms with Crippen LogP contribution < -0.4 is 43.3 Å². The molecule has 3 heterocycles. The van der Waals surface area contributed by atoms with Gasteiger partial charge in [0.2, 0.25) is 6.79 Å². The quantitative estimate of drug-likeness (QED) is 0.179. The van der Waals surface area contributed by atoms with E-state index in [0.717, 1.165) is 5.56 Å². The normalized spacial score (nSPS) is 15.2. The highest BCUT2D eigenvalue weighted by atomic mass is 79.9. The zero-order valence-corrected chi connectivity index (χ0v) is 30.2. The molecule has 0 aliphatic carbocycles. The SMILES string of the molecule is CCOC(=O)C1=C(C)N=c2s/c(=C\c3cc(Br)c(OCc4ccc5c(c4)OCO5)c(OC)c3)c(=O)n2[C@@H]1c1ccc(OC(C)C)c(OC)c1. The van der Waals surface area contributed by atoms with Gasteiger partial charge in [-0.2, -0.15) is 0 Å². The third kappa shape index (κ3) is 6.90. The van der Waals surface area contributed by atoms with E-state index in [-0.39, 0.29) is 37.2 Å². The van der Waals surface area contributed by atoms with Gasteiger partial charge in [-0.05, 0) is 103 Å². The van der Waals surface area contributed by atoms with E-state index in [2.05, 4.69) is 20.9 Å². The number of methoxy groups -OCH3 is 2. The highest BCUT2D eigenvalue weighted by Crippen LogP contribution is 2.39. The summed E-state index contributed by atoms with van der Waals surface area (Å²) in [7, 11) is 3.10. The van der Waals surface area contributed by atoms with E-state index in [0.29, 0.717) is 65.1 Å². The number of allylic oxidation sites excluding steroid dienone is 1. The molecule has 49 heavy (non-hydrogen) atoms. The number of halogens is 1. The Balaban J connectivity index is 1.39. The molecule has 0 N–H and O–H groups in total. The molecule has 4 aromatic rings. The fourth-order valence-corrected chi connectivity index (χ4v) is 7.23. The van der Waals surface area contributed by atoms with Gasteiger partial charge in [0.1, 0.15) is 6.61 Å². The Hall–Kier alpha value is -4.75. The van der Waals surface area contributed by atoms with Crippen molar-refractivity contribution in [3.63, 3.8) is 0 Å². The number of carbonyl (C=O) groups excluding carboxylic acids is 1. The Kier molecular flexibility index (Phi) is 10.0. The van der Waals surface area contributed by atoms with Crippen LogP contribution in [0.1, 0.15) is 50.4 Å². The molecule has 0 unspecified atom stereocenters. The molecule has 1 atom stereocenters. The Morgan fingerprint density at radius 1 is 1.06 bits per heavy atom. The van der Waals surface area contributed by atoms with E-state index in [4.69, 9.17) is 33.2 Å². The molecule has 0 fully saturated rings. The van der Waals surface area contributed by atoms with Crippen molar-refractivity contribution in [2.24, 2.45) is 4.99 Å². The minimum Gasteiger partial charge on any atom is -0.493 e. The minimum atomic E-state index is -0.812. The van der Waals surface area contributed by atoms with Crippen molar-refractivity contribution < 1.29 is 38.0 Å². The Morgan fingerprint density at radius 3 is 2.57 bits per heavy atom. The van der Waals surface area contributed by atoms with E-state index in [9.17, 15) is 9.59 Å². The molecule has 1 aromatic heterocycles. The molecule has 2 aliphatic rings. The third-order valence-electron chi connectivity index (χ3n) is 7.75. The van der Waals surface area contributed by atoms with Gasteiger partial charge in [-0.25, -0.2) is 9.79 Å². The number of hydrogen-bond acceptors (Lipinski definition) is 11. The first-order valence-corrected chi connectivity index (χ1v) is 17.2. The lowest BCUT2D eigenvalue weighted by Gasteiger charge is -2.25. The fraction of sp³-hybridized carbons (Fsp3) is 0.306. The van der Waals surface area contributed by atoms with Crippen LogP contribution in [0.25, 0.3) is 6.08 Å². The van der Waals surface area contributed by atoms with Gasteiger partial charge in [-0.1, -0.05) is 23.5 Å². The van der Waals surface area contributed by atoms with Crippen molar-refractivity contribution in [3.8, 4) is 34.5 Å². The van der Waals surface area contributed by atoms with Crippen LogP contribution in [0.5, 0.6) is 34.5 Å². The summed E-state index contributed by atoms with van der Waals surface area (Å²) in [6.45, 7) is 7.96. The number of aromatic nitrogens is 1. The van der Waals surface area contributed by atoms with Crippen LogP contribution in [0.2, 0.25) is 0 Å². The van der Waals surface area contributed by atoms with E-state index in [1.807, 2.05) is 44.2 Å². The maximum atomic E-state index is 14.2. The van der Waals surface area contributed by atoms with Crippen molar-refractivity contribution in [1.29, 1.82) is 0 Å². The number of benzene rings is 3. The predicted octanol–water partition coefficient (Wildman–Crippen LogP) is 5.67. The molecule has 0 spiro atoms. The molecule has 11 nitrogen and oxygen atoms in total.